The molecule has 0 saturated carbocycles. The fourth-order valence-corrected chi connectivity index (χ4v) is 3.28. The van der Waals surface area contributed by atoms with Crippen LogP contribution in [0, 0.1) is 19.8 Å². The van der Waals surface area contributed by atoms with Crippen molar-refractivity contribution in [1.29, 1.82) is 0 Å². The van der Waals surface area contributed by atoms with Crippen LogP contribution in [0.4, 0.5) is 4.79 Å². The van der Waals surface area contributed by atoms with E-state index in [1.165, 1.54) is 5.56 Å². The van der Waals surface area contributed by atoms with Crippen LogP contribution < -0.4 is 4.74 Å². The molecule has 0 spiro atoms. The zero-order valence-electron chi connectivity index (χ0n) is 18.1. The first kappa shape index (κ1) is 22.1. The average molecular weight is 391 g/mol. The Labute approximate surface area is 168 Å². The summed E-state index contributed by atoms with van der Waals surface area (Å²) >= 11 is 0. The van der Waals surface area contributed by atoms with Crippen molar-refractivity contribution < 1.29 is 19.1 Å². The SMILES string of the molecule is Cc1ccc(OCC(=O)N2CCCC(CN(C)C(=O)OC(C)(C)C)C2)cc1C. The fourth-order valence-electron chi connectivity index (χ4n) is 3.28. The van der Waals surface area contributed by atoms with Crippen molar-refractivity contribution in [3.05, 3.63) is 29.3 Å². The maximum absolute atomic E-state index is 12.6. The molecule has 6 nitrogen and oxygen atoms in total. The molecule has 1 fully saturated rings. The predicted molar refractivity (Wildman–Crippen MR) is 110 cm³/mol. The lowest BCUT2D eigenvalue weighted by Crippen LogP contribution is -2.46. The van der Waals surface area contributed by atoms with Gasteiger partial charge in [-0.3, -0.25) is 4.79 Å². The molecule has 1 aromatic rings. The smallest absolute Gasteiger partial charge is 0.410 e. The molecular formula is C22H34N2O4. The number of carbonyl (C=O) groups is 2. The molecule has 2 amide bonds. The summed E-state index contributed by atoms with van der Waals surface area (Å²) in [6.45, 7) is 11.6. The Morgan fingerprint density at radius 1 is 1.21 bits per heavy atom. The average Bonchev–Trinajstić information content (AvgIpc) is 2.61. The summed E-state index contributed by atoms with van der Waals surface area (Å²) in [5, 5.41) is 0. The maximum Gasteiger partial charge on any atom is 0.410 e. The third-order valence-electron chi connectivity index (χ3n) is 4.95. The normalized spacial score (nSPS) is 17.2. The highest BCUT2D eigenvalue weighted by Gasteiger charge is 2.27. The first-order valence-electron chi connectivity index (χ1n) is 9.97. The van der Waals surface area contributed by atoms with Crippen molar-refractivity contribution in [3.8, 4) is 5.75 Å². The van der Waals surface area contributed by atoms with Gasteiger partial charge in [0.2, 0.25) is 0 Å². The van der Waals surface area contributed by atoms with Gasteiger partial charge in [-0.05, 0) is 76.6 Å². The number of aryl methyl sites for hydroxylation is 2. The highest BCUT2D eigenvalue weighted by Crippen LogP contribution is 2.20. The lowest BCUT2D eigenvalue weighted by Gasteiger charge is -2.35. The summed E-state index contributed by atoms with van der Waals surface area (Å²) in [4.78, 5) is 28.2. The number of hydrogen-bond acceptors (Lipinski definition) is 4. The second-order valence-corrected chi connectivity index (χ2v) is 8.74. The van der Waals surface area contributed by atoms with E-state index >= 15 is 0 Å². The van der Waals surface area contributed by atoms with Gasteiger partial charge in [0.05, 0.1) is 0 Å². The zero-order chi connectivity index (χ0) is 20.9. The maximum atomic E-state index is 12.6. The van der Waals surface area contributed by atoms with E-state index in [0.717, 1.165) is 30.7 Å². The predicted octanol–water partition coefficient (Wildman–Crippen LogP) is 3.79. The van der Waals surface area contributed by atoms with Gasteiger partial charge < -0.3 is 19.3 Å². The third kappa shape index (κ3) is 6.73. The van der Waals surface area contributed by atoms with Crippen LogP contribution in [0.1, 0.15) is 44.7 Å². The van der Waals surface area contributed by atoms with Crippen LogP contribution in [0.3, 0.4) is 0 Å². The number of piperidine rings is 1. The van der Waals surface area contributed by atoms with Gasteiger partial charge in [0, 0.05) is 26.7 Å². The molecule has 1 aliphatic heterocycles. The molecule has 0 radical (unpaired) electrons. The molecule has 1 heterocycles. The quantitative estimate of drug-likeness (QED) is 0.768. The summed E-state index contributed by atoms with van der Waals surface area (Å²) < 4.78 is 11.1. The largest absolute Gasteiger partial charge is 0.484 e. The standard InChI is InChI=1S/C22H34N2O4/c1-16-9-10-19(12-17(16)2)27-15-20(25)24-11-7-8-18(14-24)13-23(6)21(26)28-22(3,4)5/h9-10,12,18H,7-8,11,13-15H2,1-6H3. The van der Waals surface area contributed by atoms with E-state index in [4.69, 9.17) is 9.47 Å². The molecule has 0 bridgehead atoms. The summed E-state index contributed by atoms with van der Waals surface area (Å²) in [5.41, 5.74) is 1.84. The molecule has 1 atom stereocenters. The van der Waals surface area contributed by atoms with Gasteiger partial charge in [-0.2, -0.15) is 0 Å². The molecule has 1 unspecified atom stereocenters. The van der Waals surface area contributed by atoms with Gasteiger partial charge in [0.1, 0.15) is 11.4 Å². The van der Waals surface area contributed by atoms with Crippen molar-refractivity contribution in [2.24, 2.45) is 5.92 Å². The van der Waals surface area contributed by atoms with Crippen LogP contribution in [-0.2, 0) is 9.53 Å². The number of nitrogens with zero attached hydrogens (tertiary/aromatic N) is 2. The van der Waals surface area contributed by atoms with Gasteiger partial charge in [-0.1, -0.05) is 6.07 Å². The molecule has 1 aromatic carbocycles. The van der Waals surface area contributed by atoms with Crippen molar-refractivity contribution in [1.82, 2.24) is 9.80 Å². The molecule has 6 heteroatoms. The minimum atomic E-state index is -0.508. The highest BCUT2D eigenvalue weighted by molar-refractivity contribution is 5.78. The van der Waals surface area contributed by atoms with E-state index in [2.05, 4.69) is 0 Å². The van der Waals surface area contributed by atoms with Crippen LogP contribution in [0.2, 0.25) is 0 Å². The third-order valence-corrected chi connectivity index (χ3v) is 4.95. The van der Waals surface area contributed by atoms with E-state index in [1.807, 2.05) is 57.7 Å². The molecular weight excluding hydrogens is 356 g/mol. The molecule has 28 heavy (non-hydrogen) atoms. The van der Waals surface area contributed by atoms with E-state index in [0.29, 0.717) is 13.1 Å². The molecule has 156 valence electrons. The van der Waals surface area contributed by atoms with Crippen molar-refractivity contribution in [2.75, 3.05) is 33.3 Å². The minimum Gasteiger partial charge on any atom is -0.484 e. The fraction of sp³-hybridized carbons (Fsp3) is 0.636. The van der Waals surface area contributed by atoms with Gasteiger partial charge in [0.15, 0.2) is 6.61 Å². The van der Waals surface area contributed by atoms with Crippen molar-refractivity contribution >= 4 is 12.0 Å². The molecule has 0 aliphatic carbocycles. The zero-order valence-corrected chi connectivity index (χ0v) is 18.1. The van der Waals surface area contributed by atoms with Crippen molar-refractivity contribution in [2.45, 2.75) is 53.1 Å². The number of likely N-dealkylation sites (tertiary alicyclic amines) is 1. The Bertz CT molecular complexity index is 696. The monoisotopic (exact) mass is 390 g/mol. The number of rotatable bonds is 5. The number of ether oxygens (including phenoxy) is 2. The molecule has 0 aromatic heterocycles. The van der Waals surface area contributed by atoms with E-state index < -0.39 is 5.60 Å². The van der Waals surface area contributed by atoms with E-state index in [9.17, 15) is 9.59 Å². The lowest BCUT2D eigenvalue weighted by atomic mass is 9.97. The first-order chi connectivity index (χ1) is 13.0. The minimum absolute atomic E-state index is 0.0113. The van der Waals surface area contributed by atoms with Crippen molar-refractivity contribution in [3.63, 3.8) is 0 Å². The summed E-state index contributed by atoms with van der Waals surface area (Å²) in [6, 6.07) is 5.85. The van der Waals surface area contributed by atoms with Gasteiger partial charge in [0.25, 0.3) is 5.91 Å². The van der Waals surface area contributed by atoms with Crippen LogP contribution in [0.5, 0.6) is 5.75 Å². The number of hydrogen-bond donors (Lipinski definition) is 0. The summed E-state index contributed by atoms with van der Waals surface area (Å²) in [6.07, 6.45) is 1.60. The lowest BCUT2D eigenvalue weighted by molar-refractivity contribution is -0.135. The molecule has 0 N–H and O–H groups in total. The Morgan fingerprint density at radius 2 is 1.93 bits per heavy atom. The number of amides is 2. The Kier molecular flexibility index (Phi) is 7.33. The topological polar surface area (TPSA) is 59.1 Å². The van der Waals surface area contributed by atoms with Crippen LogP contribution in [0.25, 0.3) is 0 Å². The molecule has 2 rings (SSSR count). The number of benzene rings is 1. The van der Waals surface area contributed by atoms with E-state index in [1.54, 1.807) is 11.9 Å². The van der Waals surface area contributed by atoms with E-state index in [-0.39, 0.29) is 24.5 Å². The molecule has 1 saturated heterocycles. The Morgan fingerprint density at radius 3 is 2.57 bits per heavy atom. The van der Waals surface area contributed by atoms with Gasteiger partial charge >= 0.3 is 6.09 Å². The van der Waals surface area contributed by atoms with Crippen LogP contribution in [-0.4, -0.2) is 60.7 Å². The molecule has 1 aliphatic rings. The number of carbonyl (C=O) groups excluding carboxylic acids is 2. The Balaban J connectivity index is 1.83. The van der Waals surface area contributed by atoms with Gasteiger partial charge in [-0.25, -0.2) is 4.79 Å². The first-order valence-corrected chi connectivity index (χ1v) is 9.97. The second kappa shape index (κ2) is 9.30. The van der Waals surface area contributed by atoms with Crippen LogP contribution in [0.15, 0.2) is 18.2 Å². The highest BCUT2D eigenvalue weighted by atomic mass is 16.6. The second-order valence-electron chi connectivity index (χ2n) is 8.74. The van der Waals surface area contributed by atoms with Gasteiger partial charge in [-0.15, -0.1) is 0 Å². The van der Waals surface area contributed by atoms with Crippen LogP contribution >= 0.6 is 0 Å². The summed E-state index contributed by atoms with van der Waals surface area (Å²) in [7, 11) is 1.75. The summed E-state index contributed by atoms with van der Waals surface area (Å²) in [5.74, 6) is 0.953. The Hall–Kier alpha value is -2.24.